The minimum absolute atomic E-state index is 0.177. The van der Waals surface area contributed by atoms with Crippen LogP contribution in [0, 0.1) is 18.3 Å². The molecule has 1 aliphatic heterocycles. The van der Waals surface area contributed by atoms with Crippen molar-refractivity contribution in [3.8, 4) is 6.07 Å². The van der Waals surface area contributed by atoms with Crippen molar-refractivity contribution in [2.75, 3.05) is 31.5 Å². The molecule has 0 unspecified atom stereocenters. The molecule has 0 spiro atoms. The Bertz CT molecular complexity index is 851. The molecule has 2 heterocycles. The molecule has 1 aromatic heterocycles. The van der Waals surface area contributed by atoms with Gasteiger partial charge in [0.15, 0.2) is 0 Å². The zero-order chi connectivity index (χ0) is 18.5. The van der Waals surface area contributed by atoms with E-state index in [2.05, 4.69) is 21.4 Å². The highest BCUT2D eigenvalue weighted by Crippen LogP contribution is 2.16. The fourth-order valence-electron chi connectivity index (χ4n) is 2.68. The van der Waals surface area contributed by atoms with E-state index in [0.29, 0.717) is 49.1 Å². The number of aromatic nitrogens is 2. The maximum absolute atomic E-state index is 12.7. The van der Waals surface area contributed by atoms with Crippen LogP contribution in [0.25, 0.3) is 0 Å². The van der Waals surface area contributed by atoms with Crippen molar-refractivity contribution in [3.63, 3.8) is 0 Å². The van der Waals surface area contributed by atoms with Crippen molar-refractivity contribution in [2.45, 2.75) is 6.92 Å². The Hall–Kier alpha value is -3.47. The van der Waals surface area contributed by atoms with E-state index in [9.17, 15) is 9.59 Å². The summed E-state index contributed by atoms with van der Waals surface area (Å²) in [6.45, 7) is 3.82. The van der Waals surface area contributed by atoms with Crippen LogP contribution in [-0.4, -0.2) is 58.3 Å². The van der Waals surface area contributed by atoms with Crippen molar-refractivity contribution >= 4 is 24.0 Å². The number of anilines is 2. The Morgan fingerprint density at radius 2 is 1.88 bits per heavy atom. The molecular weight excluding hydrogens is 332 g/mol. The number of nitriles is 1. The van der Waals surface area contributed by atoms with Gasteiger partial charge in [0.1, 0.15) is 5.69 Å². The van der Waals surface area contributed by atoms with Crippen LogP contribution in [0.3, 0.4) is 0 Å². The molecule has 132 valence electrons. The van der Waals surface area contributed by atoms with Gasteiger partial charge in [-0.15, -0.1) is 0 Å². The number of amides is 2. The molecule has 1 N–H and O–H groups in total. The third kappa shape index (κ3) is 3.95. The molecule has 1 aliphatic rings. The SMILES string of the molecule is Cc1cc(C(=O)N2CCN(C=O)CC2)nc(Nc2ccc(C#N)cc2)n1. The summed E-state index contributed by atoms with van der Waals surface area (Å²) in [5.41, 5.74) is 2.28. The highest BCUT2D eigenvalue weighted by molar-refractivity contribution is 5.93. The van der Waals surface area contributed by atoms with Gasteiger partial charge in [-0.3, -0.25) is 9.59 Å². The van der Waals surface area contributed by atoms with Crippen LogP contribution in [0.5, 0.6) is 0 Å². The lowest BCUT2D eigenvalue weighted by molar-refractivity contribution is -0.119. The molecule has 0 aliphatic carbocycles. The molecular formula is C18H18N6O2. The minimum Gasteiger partial charge on any atom is -0.342 e. The van der Waals surface area contributed by atoms with E-state index in [1.165, 1.54) is 0 Å². The predicted molar refractivity (Wildman–Crippen MR) is 94.7 cm³/mol. The molecule has 1 saturated heterocycles. The van der Waals surface area contributed by atoms with Gasteiger partial charge in [0, 0.05) is 37.6 Å². The van der Waals surface area contributed by atoms with Gasteiger partial charge in [-0.1, -0.05) is 0 Å². The maximum Gasteiger partial charge on any atom is 0.272 e. The van der Waals surface area contributed by atoms with E-state index in [-0.39, 0.29) is 5.91 Å². The molecule has 8 heteroatoms. The number of piperazine rings is 1. The van der Waals surface area contributed by atoms with Crippen LogP contribution in [-0.2, 0) is 4.79 Å². The number of aryl methyl sites for hydroxylation is 1. The minimum atomic E-state index is -0.177. The number of nitrogens with zero attached hydrogens (tertiary/aromatic N) is 5. The topological polar surface area (TPSA) is 102 Å². The van der Waals surface area contributed by atoms with Crippen LogP contribution in [0.15, 0.2) is 30.3 Å². The maximum atomic E-state index is 12.7. The Balaban J connectivity index is 1.75. The van der Waals surface area contributed by atoms with Gasteiger partial charge >= 0.3 is 0 Å². The van der Waals surface area contributed by atoms with Gasteiger partial charge in [-0.05, 0) is 37.3 Å². The second-order valence-corrected chi connectivity index (χ2v) is 5.97. The zero-order valence-electron chi connectivity index (χ0n) is 14.3. The average molecular weight is 350 g/mol. The van der Waals surface area contributed by atoms with Crippen LogP contribution in [0.4, 0.5) is 11.6 Å². The third-order valence-electron chi connectivity index (χ3n) is 4.09. The van der Waals surface area contributed by atoms with Gasteiger partial charge in [0.05, 0.1) is 11.6 Å². The number of rotatable bonds is 4. The first-order chi connectivity index (χ1) is 12.6. The fraction of sp³-hybridized carbons (Fsp3) is 0.278. The second kappa shape index (κ2) is 7.61. The van der Waals surface area contributed by atoms with Crippen molar-refractivity contribution in [1.29, 1.82) is 5.26 Å². The van der Waals surface area contributed by atoms with E-state index in [1.54, 1.807) is 47.1 Å². The van der Waals surface area contributed by atoms with Crippen LogP contribution in [0.1, 0.15) is 21.7 Å². The second-order valence-electron chi connectivity index (χ2n) is 5.97. The smallest absolute Gasteiger partial charge is 0.272 e. The van der Waals surface area contributed by atoms with Crippen molar-refractivity contribution in [3.05, 3.63) is 47.3 Å². The summed E-state index contributed by atoms with van der Waals surface area (Å²) in [6.07, 6.45) is 0.802. The van der Waals surface area contributed by atoms with Gasteiger partial charge in [0.2, 0.25) is 12.4 Å². The molecule has 2 aromatic rings. The predicted octanol–water partition coefficient (Wildman–Crippen LogP) is 1.31. The highest BCUT2D eigenvalue weighted by atomic mass is 16.2. The molecule has 8 nitrogen and oxygen atoms in total. The number of hydrogen-bond acceptors (Lipinski definition) is 6. The van der Waals surface area contributed by atoms with E-state index < -0.39 is 0 Å². The van der Waals surface area contributed by atoms with Crippen molar-refractivity contribution in [2.24, 2.45) is 0 Å². The molecule has 2 amide bonds. The van der Waals surface area contributed by atoms with Crippen LogP contribution in [0.2, 0.25) is 0 Å². The summed E-state index contributed by atoms with van der Waals surface area (Å²) in [6, 6.07) is 10.6. The number of carbonyl (C=O) groups excluding carboxylic acids is 2. The molecule has 0 atom stereocenters. The lowest BCUT2D eigenvalue weighted by atomic mass is 10.2. The van der Waals surface area contributed by atoms with Gasteiger partial charge < -0.3 is 15.1 Å². The van der Waals surface area contributed by atoms with E-state index >= 15 is 0 Å². The number of benzene rings is 1. The summed E-state index contributed by atoms with van der Waals surface area (Å²) in [5, 5.41) is 11.9. The summed E-state index contributed by atoms with van der Waals surface area (Å²) < 4.78 is 0. The molecule has 1 fully saturated rings. The van der Waals surface area contributed by atoms with Crippen molar-refractivity contribution in [1.82, 2.24) is 19.8 Å². The Labute approximate surface area is 151 Å². The number of hydrogen-bond donors (Lipinski definition) is 1. The normalized spacial score (nSPS) is 13.8. The molecule has 3 rings (SSSR count). The standard InChI is InChI=1S/C18H18N6O2/c1-13-10-16(17(26)24-8-6-23(12-25)7-9-24)22-18(20-13)21-15-4-2-14(11-19)3-5-15/h2-5,10,12H,6-9H2,1H3,(H,20,21,22). The van der Waals surface area contributed by atoms with Crippen molar-refractivity contribution < 1.29 is 9.59 Å². The Kier molecular flexibility index (Phi) is 5.08. The fourth-order valence-corrected chi connectivity index (χ4v) is 2.68. The quantitative estimate of drug-likeness (QED) is 0.834. The first-order valence-corrected chi connectivity index (χ1v) is 8.20. The molecule has 26 heavy (non-hydrogen) atoms. The molecule has 0 radical (unpaired) electrons. The van der Waals surface area contributed by atoms with E-state index in [4.69, 9.17) is 5.26 Å². The Morgan fingerprint density at radius 1 is 1.19 bits per heavy atom. The lowest BCUT2D eigenvalue weighted by Gasteiger charge is -2.32. The molecule has 0 bridgehead atoms. The first kappa shape index (κ1) is 17.4. The third-order valence-corrected chi connectivity index (χ3v) is 4.09. The average Bonchev–Trinajstić information content (AvgIpc) is 2.67. The zero-order valence-corrected chi connectivity index (χ0v) is 14.3. The number of nitrogens with one attached hydrogen (secondary N) is 1. The van der Waals surface area contributed by atoms with Gasteiger partial charge in [0.25, 0.3) is 5.91 Å². The summed E-state index contributed by atoms with van der Waals surface area (Å²) in [7, 11) is 0. The Morgan fingerprint density at radius 3 is 2.50 bits per heavy atom. The molecule has 1 aromatic carbocycles. The summed E-state index contributed by atoms with van der Waals surface area (Å²) in [5.74, 6) is 0.147. The first-order valence-electron chi connectivity index (χ1n) is 8.20. The number of carbonyl (C=O) groups is 2. The van der Waals surface area contributed by atoms with Gasteiger partial charge in [-0.25, -0.2) is 9.97 Å². The largest absolute Gasteiger partial charge is 0.342 e. The monoisotopic (exact) mass is 350 g/mol. The summed E-state index contributed by atoms with van der Waals surface area (Å²) in [4.78, 5) is 35.5. The van der Waals surface area contributed by atoms with E-state index in [0.717, 1.165) is 12.1 Å². The van der Waals surface area contributed by atoms with Crippen LogP contribution >= 0.6 is 0 Å². The summed E-state index contributed by atoms with van der Waals surface area (Å²) >= 11 is 0. The molecule has 0 saturated carbocycles. The van der Waals surface area contributed by atoms with E-state index in [1.807, 2.05) is 0 Å². The lowest BCUT2D eigenvalue weighted by Crippen LogP contribution is -2.48. The van der Waals surface area contributed by atoms with Crippen LogP contribution < -0.4 is 5.32 Å². The highest BCUT2D eigenvalue weighted by Gasteiger charge is 2.23. The van der Waals surface area contributed by atoms with Gasteiger partial charge in [-0.2, -0.15) is 5.26 Å².